The lowest BCUT2D eigenvalue weighted by molar-refractivity contribution is 0.614. The monoisotopic (exact) mass is 298 g/mol. The maximum absolute atomic E-state index is 12.9. The smallest absolute Gasteiger partial charge is 0.141 e. The van der Waals surface area contributed by atoms with E-state index in [0.29, 0.717) is 10.0 Å². The van der Waals surface area contributed by atoms with Crippen molar-refractivity contribution in [3.63, 3.8) is 0 Å². The SMILES string of the molecule is CCC(Nc1cccc(Cl)c1Cl)c1ccc(F)cn1. The van der Waals surface area contributed by atoms with Gasteiger partial charge in [0.25, 0.3) is 0 Å². The molecule has 1 heterocycles. The number of nitrogens with one attached hydrogen (secondary N) is 1. The molecule has 2 aromatic rings. The number of anilines is 1. The van der Waals surface area contributed by atoms with Crippen molar-refractivity contribution in [2.24, 2.45) is 0 Å². The second kappa shape index (κ2) is 6.22. The van der Waals surface area contributed by atoms with Gasteiger partial charge in [0.1, 0.15) is 5.82 Å². The third-order valence-corrected chi connectivity index (χ3v) is 3.62. The molecule has 0 saturated carbocycles. The molecule has 2 rings (SSSR count). The van der Waals surface area contributed by atoms with Crippen LogP contribution in [0.2, 0.25) is 10.0 Å². The zero-order valence-corrected chi connectivity index (χ0v) is 11.8. The van der Waals surface area contributed by atoms with E-state index in [1.54, 1.807) is 12.1 Å². The lowest BCUT2D eigenvalue weighted by atomic mass is 10.1. The topological polar surface area (TPSA) is 24.9 Å². The van der Waals surface area contributed by atoms with Crippen molar-refractivity contribution in [1.29, 1.82) is 0 Å². The van der Waals surface area contributed by atoms with Crippen molar-refractivity contribution in [3.8, 4) is 0 Å². The fourth-order valence-corrected chi connectivity index (χ4v) is 2.14. The minimum atomic E-state index is -0.348. The number of rotatable bonds is 4. The summed E-state index contributed by atoms with van der Waals surface area (Å²) in [6.07, 6.45) is 2.00. The van der Waals surface area contributed by atoms with Crippen LogP contribution in [0.3, 0.4) is 0 Å². The summed E-state index contributed by atoms with van der Waals surface area (Å²) in [4.78, 5) is 4.08. The molecule has 0 amide bonds. The van der Waals surface area contributed by atoms with E-state index < -0.39 is 0 Å². The maximum Gasteiger partial charge on any atom is 0.141 e. The first-order chi connectivity index (χ1) is 9.11. The molecule has 19 heavy (non-hydrogen) atoms. The van der Waals surface area contributed by atoms with Crippen LogP contribution in [0.1, 0.15) is 25.1 Å². The van der Waals surface area contributed by atoms with Gasteiger partial charge in [0, 0.05) is 0 Å². The molecule has 1 atom stereocenters. The summed E-state index contributed by atoms with van der Waals surface area (Å²) in [7, 11) is 0. The van der Waals surface area contributed by atoms with Crippen LogP contribution in [0.4, 0.5) is 10.1 Å². The second-order valence-electron chi connectivity index (χ2n) is 4.11. The Labute approximate surface area is 121 Å². The van der Waals surface area contributed by atoms with Gasteiger partial charge in [-0.1, -0.05) is 36.2 Å². The van der Waals surface area contributed by atoms with Crippen LogP contribution in [0.5, 0.6) is 0 Å². The minimum Gasteiger partial charge on any atom is -0.375 e. The quantitative estimate of drug-likeness (QED) is 0.850. The average Bonchev–Trinajstić information content (AvgIpc) is 2.42. The van der Waals surface area contributed by atoms with Crippen molar-refractivity contribution in [2.75, 3.05) is 5.32 Å². The lowest BCUT2D eigenvalue weighted by Gasteiger charge is -2.19. The number of benzene rings is 1. The van der Waals surface area contributed by atoms with E-state index in [1.807, 2.05) is 19.1 Å². The Kier molecular flexibility index (Phi) is 4.61. The van der Waals surface area contributed by atoms with Crippen molar-refractivity contribution in [3.05, 3.63) is 58.1 Å². The predicted molar refractivity (Wildman–Crippen MR) is 77.3 cm³/mol. The molecule has 1 aromatic carbocycles. The molecular weight excluding hydrogens is 286 g/mol. The van der Waals surface area contributed by atoms with Gasteiger partial charge in [-0.2, -0.15) is 0 Å². The summed E-state index contributed by atoms with van der Waals surface area (Å²) in [5.41, 5.74) is 1.51. The lowest BCUT2D eigenvalue weighted by Crippen LogP contribution is -2.11. The molecule has 0 bridgehead atoms. The first kappa shape index (κ1) is 14.1. The fraction of sp³-hybridized carbons (Fsp3) is 0.214. The summed E-state index contributed by atoms with van der Waals surface area (Å²) >= 11 is 12.1. The number of nitrogens with zero attached hydrogens (tertiary/aromatic N) is 1. The molecule has 0 fully saturated rings. The van der Waals surface area contributed by atoms with E-state index in [9.17, 15) is 4.39 Å². The van der Waals surface area contributed by atoms with Crippen molar-refractivity contribution in [1.82, 2.24) is 4.98 Å². The van der Waals surface area contributed by atoms with E-state index in [1.165, 1.54) is 12.3 Å². The summed E-state index contributed by atoms with van der Waals surface area (Å²) < 4.78 is 12.9. The summed E-state index contributed by atoms with van der Waals surface area (Å²) in [5.74, 6) is -0.348. The average molecular weight is 299 g/mol. The van der Waals surface area contributed by atoms with Gasteiger partial charge in [-0.15, -0.1) is 0 Å². The number of pyridine rings is 1. The van der Waals surface area contributed by atoms with E-state index in [0.717, 1.165) is 17.8 Å². The Morgan fingerprint density at radius 2 is 2.05 bits per heavy atom. The van der Waals surface area contributed by atoms with E-state index in [2.05, 4.69) is 10.3 Å². The Hall–Kier alpha value is -1.32. The molecule has 2 nitrogen and oxygen atoms in total. The van der Waals surface area contributed by atoms with Gasteiger partial charge < -0.3 is 5.32 Å². The predicted octanol–water partition coefficient (Wildman–Crippen LogP) is 5.09. The van der Waals surface area contributed by atoms with Crippen molar-refractivity contribution in [2.45, 2.75) is 19.4 Å². The molecule has 0 aliphatic rings. The highest BCUT2D eigenvalue weighted by atomic mass is 35.5. The highest BCUT2D eigenvalue weighted by molar-refractivity contribution is 6.43. The number of halogens is 3. The Morgan fingerprint density at radius 1 is 1.26 bits per heavy atom. The number of hydrogen-bond donors (Lipinski definition) is 1. The zero-order valence-electron chi connectivity index (χ0n) is 10.3. The van der Waals surface area contributed by atoms with Crippen LogP contribution in [-0.2, 0) is 0 Å². The van der Waals surface area contributed by atoms with Crippen LogP contribution in [0.25, 0.3) is 0 Å². The summed E-state index contributed by atoms with van der Waals surface area (Å²) in [5, 5.41) is 4.24. The zero-order chi connectivity index (χ0) is 13.8. The van der Waals surface area contributed by atoms with Crippen LogP contribution in [-0.4, -0.2) is 4.98 Å². The molecule has 1 aromatic heterocycles. The van der Waals surface area contributed by atoms with Gasteiger partial charge in [-0.3, -0.25) is 4.98 Å². The molecule has 5 heteroatoms. The Morgan fingerprint density at radius 3 is 2.68 bits per heavy atom. The highest BCUT2D eigenvalue weighted by Gasteiger charge is 2.13. The molecule has 1 unspecified atom stereocenters. The van der Waals surface area contributed by atoms with E-state index >= 15 is 0 Å². The summed E-state index contributed by atoms with van der Waals surface area (Å²) in [6.45, 7) is 2.02. The second-order valence-corrected chi connectivity index (χ2v) is 4.89. The van der Waals surface area contributed by atoms with Gasteiger partial charge >= 0.3 is 0 Å². The van der Waals surface area contributed by atoms with Gasteiger partial charge in [-0.25, -0.2) is 4.39 Å². The largest absolute Gasteiger partial charge is 0.375 e. The third-order valence-electron chi connectivity index (χ3n) is 2.80. The van der Waals surface area contributed by atoms with Crippen molar-refractivity contribution < 1.29 is 4.39 Å². The van der Waals surface area contributed by atoms with Crippen LogP contribution < -0.4 is 5.32 Å². The third kappa shape index (κ3) is 3.37. The van der Waals surface area contributed by atoms with Gasteiger partial charge in [0.15, 0.2) is 0 Å². The molecule has 0 radical (unpaired) electrons. The molecule has 0 aliphatic carbocycles. The maximum atomic E-state index is 12.9. The van der Waals surface area contributed by atoms with Crippen LogP contribution in [0.15, 0.2) is 36.5 Å². The molecule has 100 valence electrons. The van der Waals surface area contributed by atoms with Crippen LogP contribution >= 0.6 is 23.2 Å². The molecule has 0 saturated heterocycles. The minimum absolute atomic E-state index is 0.0448. The van der Waals surface area contributed by atoms with Crippen molar-refractivity contribution >= 4 is 28.9 Å². The molecular formula is C14H13Cl2FN2. The number of aromatic nitrogens is 1. The van der Waals surface area contributed by atoms with E-state index in [-0.39, 0.29) is 11.9 Å². The number of hydrogen-bond acceptors (Lipinski definition) is 2. The van der Waals surface area contributed by atoms with Gasteiger partial charge in [-0.05, 0) is 30.7 Å². The molecule has 1 N–H and O–H groups in total. The molecule has 0 aliphatic heterocycles. The van der Waals surface area contributed by atoms with Gasteiger partial charge in [0.05, 0.1) is 33.7 Å². The van der Waals surface area contributed by atoms with Crippen LogP contribution in [0, 0.1) is 5.82 Å². The highest BCUT2D eigenvalue weighted by Crippen LogP contribution is 2.32. The normalized spacial score (nSPS) is 12.2. The standard InChI is InChI=1S/C14H13Cl2FN2/c1-2-11(12-7-6-9(17)8-18-12)19-13-5-3-4-10(15)14(13)16/h3-8,11,19H,2H2,1H3. The van der Waals surface area contributed by atoms with E-state index in [4.69, 9.17) is 23.2 Å². The Balaban J connectivity index is 2.24. The first-order valence-electron chi connectivity index (χ1n) is 5.93. The fourth-order valence-electron chi connectivity index (χ4n) is 1.78. The summed E-state index contributed by atoms with van der Waals surface area (Å²) in [6, 6.07) is 8.41. The van der Waals surface area contributed by atoms with Gasteiger partial charge in [0.2, 0.25) is 0 Å². The molecule has 0 spiro atoms. The Bertz CT molecular complexity index is 558. The first-order valence-corrected chi connectivity index (χ1v) is 6.69.